The zero-order chi connectivity index (χ0) is 13.9. The molecule has 3 rings (SSSR count). The third kappa shape index (κ3) is 2.33. The fourth-order valence-corrected chi connectivity index (χ4v) is 2.25. The van der Waals surface area contributed by atoms with E-state index in [9.17, 15) is 5.11 Å². The number of benzene rings is 1. The second kappa shape index (κ2) is 5.27. The highest BCUT2D eigenvalue weighted by molar-refractivity contribution is 5.65. The molecule has 0 aliphatic heterocycles. The van der Waals surface area contributed by atoms with Crippen molar-refractivity contribution in [1.29, 1.82) is 0 Å². The zero-order valence-electron chi connectivity index (χ0n) is 11.1. The Morgan fingerprint density at radius 1 is 1.05 bits per heavy atom. The summed E-state index contributed by atoms with van der Waals surface area (Å²) in [5.74, 6) is 0. The average Bonchev–Trinajstić information content (AvgIpc) is 2.90. The van der Waals surface area contributed by atoms with Crippen molar-refractivity contribution in [3.63, 3.8) is 0 Å². The lowest BCUT2D eigenvalue weighted by Crippen LogP contribution is -2.02. The van der Waals surface area contributed by atoms with Crippen molar-refractivity contribution in [2.45, 2.75) is 6.10 Å². The van der Waals surface area contributed by atoms with Crippen LogP contribution in [0, 0.1) is 0 Å². The lowest BCUT2D eigenvalue weighted by molar-refractivity contribution is 0.215. The summed E-state index contributed by atoms with van der Waals surface area (Å²) < 4.78 is 1.72. The SMILES string of the molecule is Cn1cc(-c2ccncc2)c(C(O)c2ccccc2)n1. The smallest absolute Gasteiger partial charge is 0.123 e. The molecule has 1 unspecified atom stereocenters. The second-order valence-electron chi connectivity index (χ2n) is 4.65. The lowest BCUT2D eigenvalue weighted by Gasteiger charge is -2.10. The summed E-state index contributed by atoms with van der Waals surface area (Å²) in [6.45, 7) is 0. The number of hydrogen-bond donors (Lipinski definition) is 1. The number of nitrogens with zero attached hydrogens (tertiary/aromatic N) is 3. The van der Waals surface area contributed by atoms with E-state index >= 15 is 0 Å². The molecule has 2 aromatic heterocycles. The highest BCUT2D eigenvalue weighted by atomic mass is 16.3. The monoisotopic (exact) mass is 265 g/mol. The van der Waals surface area contributed by atoms with E-state index in [1.54, 1.807) is 17.1 Å². The zero-order valence-corrected chi connectivity index (χ0v) is 11.1. The summed E-state index contributed by atoms with van der Waals surface area (Å²) in [7, 11) is 1.85. The molecule has 1 aromatic carbocycles. The van der Waals surface area contributed by atoms with E-state index in [0.717, 1.165) is 16.7 Å². The fraction of sp³-hybridized carbons (Fsp3) is 0.125. The Morgan fingerprint density at radius 3 is 2.45 bits per heavy atom. The number of hydrogen-bond acceptors (Lipinski definition) is 3. The lowest BCUT2D eigenvalue weighted by atomic mass is 10.0. The molecular weight excluding hydrogens is 250 g/mol. The molecule has 0 aliphatic rings. The van der Waals surface area contributed by atoms with E-state index in [2.05, 4.69) is 10.1 Å². The van der Waals surface area contributed by atoms with Gasteiger partial charge in [0.25, 0.3) is 0 Å². The summed E-state index contributed by atoms with van der Waals surface area (Å²) in [5.41, 5.74) is 3.41. The summed E-state index contributed by atoms with van der Waals surface area (Å²) in [5, 5.41) is 15.0. The Balaban J connectivity index is 2.07. The maximum Gasteiger partial charge on any atom is 0.123 e. The van der Waals surface area contributed by atoms with E-state index in [4.69, 9.17) is 0 Å². The van der Waals surface area contributed by atoms with Gasteiger partial charge in [-0.3, -0.25) is 9.67 Å². The molecule has 100 valence electrons. The minimum absolute atomic E-state index is 0.657. The Kier molecular flexibility index (Phi) is 3.31. The first-order valence-electron chi connectivity index (χ1n) is 6.42. The van der Waals surface area contributed by atoms with Crippen molar-refractivity contribution in [2.75, 3.05) is 0 Å². The van der Waals surface area contributed by atoms with Gasteiger partial charge in [0.05, 0.1) is 0 Å². The minimum Gasteiger partial charge on any atom is -0.382 e. The third-order valence-corrected chi connectivity index (χ3v) is 3.22. The minimum atomic E-state index is -0.736. The van der Waals surface area contributed by atoms with Crippen molar-refractivity contribution in [3.8, 4) is 11.1 Å². The van der Waals surface area contributed by atoms with Gasteiger partial charge in [-0.1, -0.05) is 30.3 Å². The quantitative estimate of drug-likeness (QED) is 0.791. The second-order valence-corrected chi connectivity index (χ2v) is 4.65. The van der Waals surface area contributed by atoms with E-state index in [0.29, 0.717) is 5.69 Å². The predicted octanol–water partition coefficient (Wildman–Crippen LogP) is 2.56. The summed E-state index contributed by atoms with van der Waals surface area (Å²) in [6.07, 6.45) is 4.65. The molecule has 0 fully saturated rings. The number of rotatable bonds is 3. The molecule has 0 bridgehead atoms. The molecule has 0 saturated carbocycles. The molecule has 0 aliphatic carbocycles. The van der Waals surface area contributed by atoms with E-state index in [1.807, 2.05) is 55.7 Å². The van der Waals surface area contributed by atoms with Gasteiger partial charge in [0, 0.05) is 31.2 Å². The van der Waals surface area contributed by atoms with Gasteiger partial charge < -0.3 is 5.11 Å². The standard InChI is InChI=1S/C16H15N3O/c1-19-11-14(12-7-9-17-10-8-12)15(18-19)16(20)13-5-3-2-4-6-13/h2-11,16,20H,1H3. The van der Waals surface area contributed by atoms with Crippen LogP contribution in [0.3, 0.4) is 0 Å². The molecule has 1 atom stereocenters. The number of aryl methyl sites for hydroxylation is 1. The van der Waals surface area contributed by atoms with Gasteiger partial charge in [-0.15, -0.1) is 0 Å². The highest BCUT2D eigenvalue weighted by Crippen LogP contribution is 2.30. The van der Waals surface area contributed by atoms with Crippen LogP contribution in [0.1, 0.15) is 17.4 Å². The van der Waals surface area contributed by atoms with Gasteiger partial charge in [0.15, 0.2) is 0 Å². The van der Waals surface area contributed by atoms with E-state index in [-0.39, 0.29) is 0 Å². The molecule has 4 nitrogen and oxygen atoms in total. The molecular formula is C16H15N3O. The first-order valence-corrected chi connectivity index (χ1v) is 6.42. The average molecular weight is 265 g/mol. The Hall–Kier alpha value is -2.46. The van der Waals surface area contributed by atoms with Crippen molar-refractivity contribution >= 4 is 0 Å². The van der Waals surface area contributed by atoms with Gasteiger partial charge >= 0.3 is 0 Å². The molecule has 0 saturated heterocycles. The molecule has 1 N–H and O–H groups in total. The molecule has 2 heterocycles. The number of pyridine rings is 1. The summed E-state index contributed by atoms with van der Waals surface area (Å²) in [4.78, 5) is 4.02. The molecule has 20 heavy (non-hydrogen) atoms. The molecule has 0 spiro atoms. The van der Waals surface area contributed by atoms with Crippen LogP contribution in [-0.2, 0) is 7.05 Å². The van der Waals surface area contributed by atoms with Gasteiger partial charge in [0.1, 0.15) is 11.8 Å². The Labute approximate surface area is 117 Å². The van der Waals surface area contributed by atoms with Crippen molar-refractivity contribution < 1.29 is 5.11 Å². The van der Waals surface area contributed by atoms with Crippen LogP contribution in [0.4, 0.5) is 0 Å². The first-order chi connectivity index (χ1) is 9.75. The molecule has 0 amide bonds. The molecule has 0 radical (unpaired) electrons. The van der Waals surface area contributed by atoms with E-state index < -0.39 is 6.10 Å². The van der Waals surface area contributed by atoms with Crippen LogP contribution in [0.15, 0.2) is 61.1 Å². The summed E-state index contributed by atoms with van der Waals surface area (Å²) in [6, 6.07) is 13.4. The van der Waals surface area contributed by atoms with Crippen LogP contribution >= 0.6 is 0 Å². The van der Waals surface area contributed by atoms with Crippen molar-refractivity contribution in [1.82, 2.24) is 14.8 Å². The third-order valence-electron chi connectivity index (χ3n) is 3.22. The van der Waals surface area contributed by atoms with Crippen molar-refractivity contribution in [2.24, 2.45) is 7.05 Å². The molecule has 3 aromatic rings. The fourth-order valence-electron chi connectivity index (χ4n) is 2.25. The van der Waals surface area contributed by atoms with Gasteiger partial charge in [0.2, 0.25) is 0 Å². The van der Waals surface area contributed by atoms with Gasteiger partial charge in [-0.05, 0) is 23.3 Å². The van der Waals surface area contributed by atoms with Crippen LogP contribution < -0.4 is 0 Å². The molecule has 4 heteroatoms. The van der Waals surface area contributed by atoms with Gasteiger partial charge in [-0.2, -0.15) is 5.10 Å². The van der Waals surface area contributed by atoms with Crippen molar-refractivity contribution in [3.05, 3.63) is 72.3 Å². The highest BCUT2D eigenvalue weighted by Gasteiger charge is 2.19. The van der Waals surface area contributed by atoms with Crippen LogP contribution in [0.5, 0.6) is 0 Å². The maximum atomic E-state index is 10.6. The van der Waals surface area contributed by atoms with Gasteiger partial charge in [-0.25, -0.2) is 0 Å². The first kappa shape index (κ1) is 12.6. The predicted molar refractivity (Wildman–Crippen MR) is 76.9 cm³/mol. The van der Waals surface area contributed by atoms with Crippen LogP contribution in [-0.4, -0.2) is 19.9 Å². The van der Waals surface area contributed by atoms with E-state index in [1.165, 1.54) is 0 Å². The number of aliphatic hydroxyl groups excluding tert-OH is 1. The Bertz CT molecular complexity index is 692. The largest absolute Gasteiger partial charge is 0.382 e. The summed E-state index contributed by atoms with van der Waals surface area (Å²) >= 11 is 0. The topological polar surface area (TPSA) is 50.9 Å². The number of aliphatic hydroxyl groups is 1. The Morgan fingerprint density at radius 2 is 1.75 bits per heavy atom. The van der Waals surface area contributed by atoms with Crippen LogP contribution in [0.25, 0.3) is 11.1 Å². The maximum absolute atomic E-state index is 10.6. The normalized spacial score (nSPS) is 12.3. The number of aromatic nitrogens is 3. The van der Waals surface area contributed by atoms with Crippen LogP contribution in [0.2, 0.25) is 0 Å².